The molecule has 1 unspecified atom stereocenters. The number of alkyl halides is 3. The number of hydrogen-bond acceptors (Lipinski definition) is 1. The van der Waals surface area contributed by atoms with E-state index in [1.54, 1.807) is 0 Å². The Morgan fingerprint density at radius 1 is 1.14 bits per heavy atom. The Hall–Kier alpha value is -1.39. The van der Waals surface area contributed by atoms with Crippen LogP contribution >= 0.6 is 23.2 Å². The molecule has 0 amide bonds. The Balaban J connectivity index is 2.17. The Bertz CT molecular complexity index is 652. The zero-order valence-corrected chi connectivity index (χ0v) is 12.0. The summed E-state index contributed by atoms with van der Waals surface area (Å²) in [6, 6.07) is 11.1. The van der Waals surface area contributed by atoms with E-state index in [2.05, 4.69) is 6.07 Å². The van der Waals surface area contributed by atoms with Crippen molar-refractivity contribution in [1.82, 2.24) is 0 Å². The van der Waals surface area contributed by atoms with Gasteiger partial charge in [0.25, 0.3) is 0 Å². The minimum atomic E-state index is -4.61. The van der Waals surface area contributed by atoms with E-state index in [4.69, 9.17) is 27.9 Å². The van der Waals surface area contributed by atoms with Crippen molar-refractivity contribution in [2.24, 2.45) is 0 Å². The Labute approximate surface area is 129 Å². The van der Waals surface area contributed by atoms with Gasteiger partial charge in [0.1, 0.15) is 5.75 Å². The van der Waals surface area contributed by atoms with Crippen molar-refractivity contribution in [1.29, 1.82) is 0 Å². The first-order chi connectivity index (χ1) is 9.82. The maximum absolute atomic E-state index is 13.7. The van der Waals surface area contributed by atoms with Crippen molar-refractivity contribution >= 4 is 23.2 Å². The minimum Gasteiger partial charge on any atom is -0.472 e. The van der Waals surface area contributed by atoms with Crippen molar-refractivity contribution in [3.63, 3.8) is 0 Å². The van der Waals surface area contributed by atoms with E-state index >= 15 is 0 Å². The molecule has 0 spiro atoms. The van der Waals surface area contributed by atoms with Crippen LogP contribution in [-0.4, -0.2) is 6.18 Å². The lowest BCUT2D eigenvalue weighted by Crippen LogP contribution is -2.46. The fourth-order valence-electron chi connectivity index (χ4n) is 2.45. The smallest absolute Gasteiger partial charge is 0.432 e. The molecule has 21 heavy (non-hydrogen) atoms. The molecule has 1 aliphatic rings. The number of halogens is 5. The number of hydrogen-bond donors (Lipinski definition) is 0. The van der Waals surface area contributed by atoms with Crippen molar-refractivity contribution < 1.29 is 17.9 Å². The van der Waals surface area contributed by atoms with Crippen LogP contribution in [0.4, 0.5) is 13.2 Å². The van der Waals surface area contributed by atoms with Gasteiger partial charge in [0, 0.05) is 22.0 Å². The molecular formula is C15H8Cl2F3O. The van der Waals surface area contributed by atoms with Gasteiger partial charge in [-0.3, -0.25) is 0 Å². The van der Waals surface area contributed by atoms with E-state index in [0.29, 0.717) is 5.56 Å². The van der Waals surface area contributed by atoms with E-state index in [1.165, 1.54) is 36.4 Å². The third-order valence-corrected chi connectivity index (χ3v) is 3.85. The molecule has 1 aliphatic heterocycles. The zero-order chi connectivity index (χ0) is 15.3. The average molecular weight is 332 g/mol. The highest BCUT2D eigenvalue weighted by Crippen LogP contribution is 2.51. The molecule has 0 fully saturated rings. The molecule has 1 radical (unpaired) electrons. The summed E-state index contributed by atoms with van der Waals surface area (Å²) < 4.78 is 46.4. The molecule has 3 rings (SSSR count). The predicted molar refractivity (Wildman–Crippen MR) is 73.8 cm³/mol. The molecule has 0 saturated carbocycles. The third kappa shape index (κ3) is 2.36. The van der Waals surface area contributed by atoms with Crippen molar-refractivity contribution in [3.8, 4) is 5.75 Å². The Kier molecular flexibility index (Phi) is 3.34. The van der Waals surface area contributed by atoms with Crippen LogP contribution in [0.1, 0.15) is 11.1 Å². The molecule has 0 bridgehead atoms. The molecule has 6 heteroatoms. The first-order valence-electron chi connectivity index (χ1n) is 6.03. The second kappa shape index (κ2) is 4.82. The molecule has 2 aromatic rings. The largest absolute Gasteiger partial charge is 0.472 e. The van der Waals surface area contributed by atoms with E-state index in [9.17, 15) is 13.2 Å². The van der Waals surface area contributed by atoms with Gasteiger partial charge in [-0.15, -0.1) is 0 Å². The van der Waals surface area contributed by atoms with Crippen LogP contribution in [0.25, 0.3) is 0 Å². The highest BCUT2D eigenvalue weighted by Gasteiger charge is 2.61. The first kappa shape index (κ1) is 14.5. The fourth-order valence-corrected chi connectivity index (χ4v) is 2.98. The number of rotatable bonds is 1. The Morgan fingerprint density at radius 2 is 1.81 bits per heavy atom. The zero-order valence-electron chi connectivity index (χ0n) is 10.5. The molecule has 0 aliphatic carbocycles. The van der Waals surface area contributed by atoms with Gasteiger partial charge in [0.15, 0.2) is 0 Å². The van der Waals surface area contributed by atoms with Gasteiger partial charge in [-0.25, -0.2) is 0 Å². The molecule has 1 atom stereocenters. The van der Waals surface area contributed by atoms with Crippen LogP contribution in [-0.2, 0) is 12.0 Å². The fraction of sp³-hybridized carbons (Fsp3) is 0.200. The number of fused-ring (bicyclic) bond motifs is 1. The quantitative estimate of drug-likeness (QED) is 0.699. The Morgan fingerprint density at radius 3 is 2.38 bits per heavy atom. The summed E-state index contributed by atoms with van der Waals surface area (Å²) in [5.74, 6) is 0.196. The standard InChI is InChI=1S/C15H8Cl2F3O/c16-11-5-10(6-12(17)7-11)14(15(18,19)20)8-9-3-1-2-4-13(9)21-14/h2-7H,8H2. The second-order valence-electron chi connectivity index (χ2n) is 4.80. The predicted octanol–water partition coefficient (Wildman–Crippen LogP) is 5.19. The van der Waals surface area contributed by atoms with Crippen LogP contribution in [0.15, 0.2) is 36.4 Å². The third-order valence-electron chi connectivity index (χ3n) is 3.42. The maximum Gasteiger partial charge on any atom is 0.432 e. The average Bonchev–Trinajstić information content (AvgIpc) is 2.77. The van der Waals surface area contributed by atoms with Gasteiger partial charge < -0.3 is 4.74 Å². The van der Waals surface area contributed by atoms with Crippen molar-refractivity contribution in [2.45, 2.75) is 18.2 Å². The summed E-state index contributed by atoms with van der Waals surface area (Å²) in [7, 11) is 0. The first-order valence-corrected chi connectivity index (χ1v) is 6.79. The summed E-state index contributed by atoms with van der Waals surface area (Å²) in [6.07, 6.45) is -4.94. The van der Waals surface area contributed by atoms with Crippen LogP contribution in [0.3, 0.4) is 0 Å². The lowest BCUT2D eigenvalue weighted by molar-refractivity contribution is -0.248. The molecule has 1 nitrogen and oxygen atoms in total. The lowest BCUT2D eigenvalue weighted by atomic mass is 9.88. The van der Waals surface area contributed by atoms with E-state index in [0.717, 1.165) is 0 Å². The summed E-state index contributed by atoms with van der Waals surface area (Å²) in [5, 5.41) is 0.263. The molecular weight excluding hydrogens is 324 g/mol. The molecule has 2 aromatic carbocycles. The van der Waals surface area contributed by atoms with Gasteiger partial charge in [-0.1, -0.05) is 29.3 Å². The van der Waals surface area contributed by atoms with Crippen LogP contribution < -0.4 is 4.74 Å². The van der Waals surface area contributed by atoms with Crippen LogP contribution in [0, 0.1) is 6.07 Å². The number of ether oxygens (including phenoxy) is 1. The second-order valence-corrected chi connectivity index (χ2v) is 5.67. The van der Waals surface area contributed by atoms with Gasteiger partial charge in [-0.05, 0) is 42.0 Å². The lowest BCUT2D eigenvalue weighted by Gasteiger charge is -2.31. The summed E-state index contributed by atoms with van der Waals surface area (Å²) in [5.41, 5.74) is -2.13. The van der Waals surface area contributed by atoms with Crippen molar-refractivity contribution in [3.05, 3.63) is 63.6 Å². The van der Waals surface area contributed by atoms with E-state index in [1.807, 2.05) is 0 Å². The van der Waals surface area contributed by atoms with E-state index < -0.39 is 11.8 Å². The molecule has 0 aromatic heterocycles. The van der Waals surface area contributed by atoms with Crippen molar-refractivity contribution in [2.75, 3.05) is 0 Å². The van der Waals surface area contributed by atoms with Gasteiger partial charge in [0.05, 0.1) is 0 Å². The highest BCUT2D eigenvalue weighted by atomic mass is 35.5. The number of benzene rings is 2. The minimum absolute atomic E-state index is 0.108. The molecule has 0 N–H and O–H groups in total. The van der Waals surface area contributed by atoms with Gasteiger partial charge in [0.2, 0.25) is 5.60 Å². The maximum atomic E-state index is 13.7. The topological polar surface area (TPSA) is 9.23 Å². The molecule has 1 heterocycles. The van der Waals surface area contributed by atoms with E-state index in [-0.39, 0.29) is 27.8 Å². The summed E-state index contributed by atoms with van der Waals surface area (Å²) in [6.45, 7) is 0. The molecule has 109 valence electrons. The SMILES string of the molecule is FC(F)(F)C1(c2cc(Cl)cc(Cl)c2)Cc2c[c]ccc2O1. The van der Waals surface area contributed by atoms with Crippen LogP contribution in [0.2, 0.25) is 10.0 Å². The molecule has 0 saturated heterocycles. The van der Waals surface area contributed by atoms with Gasteiger partial charge in [-0.2, -0.15) is 13.2 Å². The summed E-state index contributed by atoms with van der Waals surface area (Å²) >= 11 is 11.7. The summed E-state index contributed by atoms with van der Waals surface area (Å²) in [4.78, 5) is 0. The normalized spacial score (nSPS) is 21.0. The van der Waals surface area contributed by atoms with Gasteiger partial charge >= 0.3 is 6.18 Å². The highest BCUT2D eigenvalue weighted by molar-refractivity contribution is 6.34. The monoisotopic (exact) mass is 331 g/mol. The van der Waals surface area contributed by atoms with Crippen LogP contribution in [0.5, 0.6) is 5.75 Å².